The number of nitrogens with zero attached hydrogens (tertiary/aromatic N) is 3. The zero-order valence-electron chi connectivity index (χ0n) is 16.0. The summed E-state index contributed by atoms with van der Waals surface area (Å²) in [5, 5.41) is 6.30. The van der Waals surface area contributed by atoms with Crippen LogP contribution in [0.3, 0.4) is 0 Å². The smallest absolute Gasteiger partial charge is 0.324 e. The lowest BCUT2D eigenvalue weighted by Crippen LogP contribution is -2.31. The van der Waals surface area contributed by atoms with Crippen molar-refractivity contribution in [1.29, 1.82) is 0 Å². The summed E-state index contributed by atoms with van der Waals surface area (Å²) in [7, 11) is -2.91. The average Bonchev–Trinajstić information content (AvgIpc) is 3.04. The van der Waals surface area contributed by atoms with E-state index in [2.05, 4.69) is 14.9 Å². The van der Waals surface area contributed by atoms with Crippen LogP contribution in [0.4, 0.5) is 0 Å². The third-order valence-electron chi connectivity index (χ3n) is 4.18. The van der Waals surface area contributed by atoms with Crippen molar-refractivity contribution in [3.8, 4) is 0 Å². The van der Waals surface area contributed by atoms with Crippen molar-refractivity contribution in [2.75, 3.05) is 7.11 Å². The molecule has 0 aliphatic heterocycles. The van der Waals surface area contributed by atoms with Gasteiger partial charge in [-0.15, -0.1) is 10.2 Å². The van der Waals surface area contributed by atoms with E-state index in [-0.39, 0.29) is 11.1 Å². The van der Waals surface area contributed by atoms with Crippen molar-refractivity contribution in [3.63, 3.8) is 0 Å². The van der Waals surface area contributed by atoms with E-state index in [0.717, 1.165) is 12.7 Å². The van der Waals surface area contributed by atoms with Gasteiger partial charge in [0.2, 0.25) is 9.84 Å². The molecule has 1 heterocycles. The highest BCUT2D eigenvalue weighted by atomic mass is 32.2. The molecule has 0 bridgehead atoms. The predicted molar refractivity (Wildman–Crippen MR) is 101 cm³/mol. The van der Waals surface area contributed by atoms with Crippen LogP contribution in [0.25, 0.3) is 0 Å². The number of hydrogen-bond donors (Lipinski definition) is 1. The van der Waals surface area contributed by atoms with Crippen LogP contribution < -0.4 is 5.73 Å². The Balaban J connectivity index is 2.44. The number of rotatable bonds is 8. The maximum absolute atomic E-state index is 12.9. The number of esters is 1. The molecule has 27 heavy (non-hydrogen) atoms. The lowest BCUT2D eigenvalue weighted by molar-refractivity contribution is -0.139. The van der Waals surface area contributed by atoms with E-state index in [9.17, 15) is 13.2 Å². The fraction of sp³-hybridized carbons (Fsp3) is 0.500. The second-order valence-corrected chi connectivity index (χ2v) is 9.01. The van der Waals surface area contributed by atoms with E-state index < -0.39 is 27.1 Å². The van der Waals surface area contributed by atoms with Crippen LogP contribution in [-0.4, -0.2) is 41.5 Å². The number of methoxy groups -OCH3 is 1. The first-order valence-electron chi connectivity index (χ1n) is 8.72. The molecule has 1 aromatic heterocycles. The molecule has 148 valence electrons. The van der Waals surface area contributed by atoms with Crippen LogP contribution >= 0.6 is 0 Å². The molecule has 0 aliphatic rings. The summed E-state index contributed by atoms with van der Waals surface area (Å²) in [6.45, 7) is 5.55. The van der Waals surface area contributed by atoms with E-state index >= 15 is 0 Å². The Morgan fingerprint density at radius 2 is 1.81 bits per heavy atom. The Morgan fingerprint density at radius 3 is 2.37 bits per heavy atom. The van der Waals surface area contributed by atoms with Crippen LogP contribution in [0.2, 0.25) is 0 Å². The Hall–Kier alpha value is -2.26. The fourth-order valence-electron chi connectivity index (χ4n) is 2.73. The summed E-state index contributed by atoms with van der Waals surface area (Å²) < 4.78 is 31.8. The maximum atomic E-state index is 12.9. The lowest BCUT2D eigenvalue weighted by Gasteiger charge is -2.17. The van der Waals surface area contributed by atoms with E-state index in [4.69, 9.17) is 5.73 Å². The summed E-state index contributed by atoms with van der Waals surface area (Å²) in [5.74, 6) is -0.335. The minimum atomic E-state index is -4.05. The molecular weight excluding hydrogens is 368 g/mol. The van der Waals surface area contributed by atoms with Crippen LogP contribution in [0.1, 0.15) is 38.2 Å². The van der Waals surface area contributed by atoms with Gasteiger partial charge in [-0.2, -0.15) is 0 Å². The van der Waals surface area contributed by atoms with E-state index in [0.29, 0.717) is 18.8 Å². The second-order valence-electron chi connectivity index (χ2n) is 6.85. The molecule has 0 radical (unpaired) electrons. The molecule has 0 saturated carbocycles. The lowest BCUT2D eigenvalue weighted by atomic mass is 10.1. The average molecular weight is 394 g/mol. The molecule has 0 spiro atoms. The molecule has 1 aromatic carbocycles. The first-order chi connectivity index (χ1) is 12.7. The second kappa shape index (κ2) is 8.62. The molecule has 8 nitrogen and oxygen atoms in total. The predicted octanol–water partition coefficient (Wildman–Crippen LogP) is 1.51. The number of aromatic nitrogens is 3. The monoisotopic (exact) mass is 394 g/mol. The highest BCUT2D eigenvalue weighted by Gasteiger charge is 2.36. The highest BCUT2D eigenvalue weighted by Crippen LogP contribution is 2.22. The van der Waals surface area contributed by atoms with Crippen molar-refractivity contribution in [3.05, 3.63) is 41.7 Å². The number of nitrogens with two attached hydrogens (primary N) is 1. The zero-order chi connectivity index (χ0) is 20.2. The van der Waals surface area contributed by atoms with Crippen molar-refractivity contribution in [2.45, 2.75) is 50.2 Å². The number of benzene rings is 1. The standard InChI is InChI=1S/C18H26N4O4S/c1-12(2)11-22-16(15(19)10-14-8-6-5-7-9-14)20-21-18(22)27(24,25)13(3)17(23)26-4/h5-9,12-13,15H,10-11,19H2,1-4H3/t13?,15-/m0/s1. The van der Waals surface area contributed by atoms with Gasteiger partial charge in [-0.25, -0.2) is 8.42 Å². The number of sulfone groups is 1. The van der Waals surface area contributed by atoms with Gasteiger partial charge in [-0.05, 0) is 24.8 Å². The first-order valence-corrected chi connectivity index (χ1v) is 10.3. The van der Waals surface area contributed by atoms with Gasteiger partial charge in [0, 0.05) is 6.54 Å². The fourth-order valence-corrected chi connectivity index (χ4v) is 4.03. The molecular formula is C18H26N4O4S. The van der Waals surface area contributed by atoms with Gasteiger partial charge < -0.3 is 15.0 Å². The molecule has 0 amide bonds. The summed E-state index contributed by atoms with van der Waals surface area (Å²) in [5.41, 5.74) is 7.32. The largest absolute Gasteiger partial charge is 0.468 e. The van der Waals surface area contributed by atoms with Crippen molar-refractivity contribution < 1.29 is 17.9 Å². The maximum Gasteiger partial charge on any atom is 0.324 e. The Bertz CT molecular complexity index is 878. The van der Waals surface area contributed by atoms with Crippen LogP contribution in [0.15, 0.2) is 35.5 Å². The van der Waals surface area contributed by atoms with E-state index in [1.807, 2.05) is 44.2 Å². The zero-order valence-corrected chi connectivity index (χ0v) is 16.8. The minimum Gasteiger partial charge on any atom is -0.468 e. The minimum absolute atomic E-state index is 0.131. The summed E-state index contributed by atoms with van der Waals surface area (Å²) in [4.78, 5) is 11.8. The summed E-state index contributed by atoms with van der Waals surface area (Å²) >= 11 is 0. The molecule has 2 atom stereocenters. The molecule has 1 unspecified atom stereocenters. The van der Waals surface area contributed by atoms with E-state index in [1.54, 1.807) is 0 Å². The van der Waals surface area contributed by atoms with Crippen molar-refractivity contribution in [1.82, 2.24) is 14.8 Å². The van der Waals surface area contributed by atoms with E-state index in [1.165, 1.54) is 11.5 Å². The number of hydrogen-bond acceptors (Lipinski definition) is 7. The molecule has 2 N–H and O–H groups in total. The molecule has 2 rings (SSSR count). The van der Waals surface area contributed by atoms with Crippen LogP contribution in [0.5, 0.6) is 0 Å². The topological polar surface area (TPSA) is 117 Å². The van der Waals surface area contributed by atoms with Gasteiger partial charge in [0.1, 0.15) is 0 Å². The Kier molecular flexibility index (Phi) is 6.72. The van der Waals surface area contributed by atoms with Gasteiger partial charge in [0.05, 0.1) is 13.2 Å². The van der Waals surface area contributed by atoms with Gasteiger partial charge >= 0.3 is 5.97 Å². The SMILES string of the molecule is COC(=O)C(C)S(=O)(=O)c1nnc([C@@H](N)Cc2ccccc2)n1CC(C)C. The van der Waals surface area contributed by atoms with Crippen molar-refractivity contribution >= 4 is 15.8 Å². The van der Waals surface area contributed by atoms with Gasteiger partial charge in [-0.1, -0.05) is 44.2 Å². The molecule has 2 aromatic rings. The summed E-state index contributed by atoms with van der Waals surface area (Å²) in [6.07, 6.45) is 0.490. The number of ether oxygens (including phenoxy) is 1. The third-order valence-corrected chi connectivity index (χ3v) is 6.11. The number of carbonyl (C=O) groups is 1. The summed E-state index contributed by atoms with van der Waals surface area (Å²) in [6, 6.07) is 9.09. The number of carbonyl (C=O) groups excluding carboxylic acids is 1. The molecule has 9 heteroatoms. The van der Waals surface area contributed by atoms with Crippen LogP contribution in [0, 0.1) is 5.92 Å². The molecule has 0 aliphatic carbocycles. The Labute approximate surface area is 159 Å². The highest BCUT2D eigenvalue weighted by molar-refractivity contribution is 7.92. The quantitative estimate of drug-likeness (QED) is 0.674. The van der Waals surface area contributed by atoms with Crippen molar-refractivity contribution in [2.24, 2.45) is 11.7 Å². The van der Waals surface area contributed by atoms with Crippen LogP contribution in [-0.2, 0) is 32.3 Å². The normalized spacial score (nSPS) is 14.1. The first kappa shape index (κ1) is 21.0. The van der Waals surface area contributed by atoms with Gasteiger partial charge in [0.15, 0.2) is 11.1 Å². The molecule has 0 fully saturated rings. The van der Waals surface area contributed by atoms with Gasteiger partial charge in [0.25, 0.3) is 5.16 Å². The van der Waals surface area contributed by atoms with Gasteiger partial charge in [-0.3, -0.25) is 4.79 Å². The molecule has 0 saturated heterocycles. The third kappa shape index (κ3) is 4.72. The Morgan fingerprint density at radius 1 is 1.19 bits per heavy atom.